The standard InChI is InChI=1S/C18H20O/c1-4-18(2,3)17(19)16-13-9-8-12-15(16)14-10-6-5-7-11-14/h5-13H,4H2,1-3H3. The van der Waals surface area contributed by atoms with Crippen LogP contribution in [-0.2, 0) is 0 Å². The maximum absolute atomic E-state index is 12.7. The zero-order chi connectivity index (χ0) is 13.9. The fourth-order valence-electron chi connectivity index (χ4n) is 2.08. The average Bonchev–Trinajstić information content (AvgIpc) is 2.47. The summed E-state index contributed by atoms with van der Waals surface area (Å²) in [5.74, 6) is 0.217. The van der Waals surface area contributed by atoms with E-state index in [1.54, 1.807) is 0 Å². The summed E-state index contributed by atoms with van der Waals surface area (Å²) in [6.07, 6.45) is 0.842. The van der Waals surface area contributed by atoms with E-state index >= 15 is 0 Å². The molecule has 0 bridgehead atoms. The molecule has 0 unspecified atom stereocenters. The Balaban J connectivity index is 2.52. The van der Waals surface area contributed by atoms with E-state index in [9.17, 15) is 4.79 Å². The first kappa shape index (κ1) is 13.5. The molecule has 0 heterocycles. The third-order valence-electron chi connectivity index (χ3n) is 3.76. The van der Waals surface area contributed by atoms with E-state index in [4.69, 9.17) is 0 Å². The van der Waals surface area contributed by atoms with Gasteiger partial charge in [0.15, 0.2) is 5.78 Å². The molecule has 0 amide bonds. The van der Waals surface area contributed by atoms with Gasteiger partial charge in [-0.3, -0.25) is 4.79 Å². The third-order valence-corrected chi connectivity index (χ3v) is 3.76. The molecule has 0 aliphatic heterocycles. The van der Waals surface area contributed by atoms with E-state index in [1.165, 1.54) is 0 Å². The quantitative estimate of drug-likeness (QED) is 0.702. The predicted molar refractivity (Wildman–Crippen MR) is 80.3 cm³/mol. The fraction of sp³-hybridized carbons (Fsp3) is 0.278. The van der Waals surface area contributed by atoms with Crippen molar-refractivity contribution in [2.45, 2.75) is 27.2 Å². The van der Waals surface area contributed by atoms with E-state index in [2.05, 4.69) is 6.92 Å². The van der Waals surface area contributed by atoms with Crippen molar-refractivity contribution in [1.29, 1.82) is 0 Å². The zero-order valence-corrected chi connectivity index (χ0v) is 11.8. The van der Waals surface area contributed by atoms with E-state index in [-0.39, 0.29) is 11.2 Å². The lowest BCUT2D eigenvalue weighted by Gasteiger charge is -2.22. The van der Waals surface area contributed by atoms with E-state index in [0.29, 0.717) is 0 Å². The second-order valence-corrected chi connectivity index (χ2v) is 5.48. The Labute approximate surface area is 115 Å². The smallest absolute Gasteiger partial charge is 0.169 e. The Morgan fingerprint density at radius 3 is 2.16 bits per heavy atom. The predicted octanol–water partition coefficient (Wildman–Crippen LogP) is 4.97. The summed E-state index contributed by atoms with van der Waals surface area (Å²) in [5, 5.41) is 0. The number of hydrogen-bond donors (Lipinski definition) is 0. The monoisotopic (exact) mass is 252 g/mol. The van der Waals surface area contributed by atoms with Crippen molar-refractivity contribution < 1.29 is 4.79 Å². The molecule has 0 saturated heterocycles. The number of hydrogen-bond acceptors (Lipinski definition) is 1. The van der Waals surface area contributed by atoms with E-state index < -0.39 is 0 Å². The van der Waals surface area contributed by atoms with Crippen LogP contribution in [0.5, 0.6) is 0 Å². The van der Waals surface area contributed by atoms with Crippen LogP contribution in [-0.4, -0.2) is 5.78 Å². The van der Waals surface area contributed by atoms with Gasteiger partial charge in [-0.25, -0.2) is 0 Å². The Morgan fingerprint density at radius 2 is 1.53 bits per heavy atom. The topological polar surface area (TPSA) is 17.1 Å². The Kier molecular flexibility index (Phi) is 3.84. The van der Waals surface area contributed by atoms with Gasteiger partial charge in [0.05, 0.1) is 0 Å². The molecule has 2 rings (SSSR count). The Bertz CT molecular complexity index is 567. The average molecular weight is 252 g/mol. The number of ketones is 1. The summed E-state index contributed by atoms with van der Waals surface area (Å²) in [7, 11) is 0. The fourth-order valence-corrected chi connectivity index (χ4v) is 2.08. The molecule has 0 aromatic heterocycles. The summed E-state index contributed by atoms with van der Waals surface area (Å²) in [6, 6.07) is 18.0. The third kappa shape index (κ3) is 2.76. The molecule has 19 heavy (non-hydrogen) atoms. The minimum absolute atomic E-state index is 0.217. The first-order valence-corrected chi connectivity index (χ1v) is 6.75. The van der Waals surface area contributed by atoms with Gasteiger partial charge in [-0.05, 0) is 17.5 Å². The van der Waals surface area contributed by atoms with Gasteiger partial charge >= 0.3 is 0 Å². The van der Waals surface area contributed by atoms with E-state index in [1.807, 2.05) is 68.4 Å². The molecule has 0 radical (unpaired) electrons. The van der Waals surface area contributed by atoms with Crippen LogP contribution in [0, 0.1) is 5.41 Å². The van der Waals surface area contributed by atoms with Crippen LogP contribution in [0.25, 0.3) is 11.1 Å². The summed E-state index contributed by atoms with van der Waals surface area (Å²) in [4.78, 5) is 12.7. The van der Waals surface area contributed by atoms with Gasteiger partial charge in [-0.15, -0.1) is 0 Å². The van der Waals surface area contributed by atoms with Gasteiger partial charge in [0.25, 0.3) is 0 Å². The van der Waals surface area contributed by atoms with Gasteiger partial charge < -0.3 is 0 Å². The van der Waals surface area contributed by atoms with Gasteiger partial charge in [0.2, 0.25) is 0 Å². The van der Waals surface area contributed by atoms with Crippen molar-refractivity contribution in [3.8, 4) is 11.1 Å². The number of rotatable bonds is 4. The number of carbonyl (C=O) groups is 1. The molecule has 0 spiro atoms. The zero-order valence-electron chi connectivity index (χ0n) is 11.8. The number of carbonyl (C=O) groups excluding carboxylic acids is 1. The van der Waals surface area contributed by atoms with Crippen molar-refractivity contribution in [3.63, 3.8) is 0 Å². The van der Waals surface area contributed by atoms with Crippen LogP contribution in [0.1, 0.15) is 37.6 Å². The maximum Gasteiger partial charge on any atom is 0.169 e. The SMILES string of the molecule is CCC(C)(C)C(=O)c1ccccc1-c1ccccc1. The first-order valence-electron chi connectivity index (χ1n) is 6.75. The number of benzene rings is 2. The lowest BCUT2D eigenvalue weighted by Crippen LogP contribution is -2.23. The second kappa shape index (κ2) is 5.40. The summed E-state index contributed by atoms with van der Waals surface area (Å²) in [5.41, 5.74) is 2.62. The highest BCUT2D eigenvalue weighted by Crippen LogP contribution is 2.31. The van der Waals surface area contributed by atoms with Crippen LogP contribution < -0.4 is 0 Å². The molecule has 0 N–H and O–H groups in total. The van der Waals surface area contributed by atoms with Crippen LogP contribution in [0.15, 0.2) is 54.6 Å². The molecule has 0 aliphatic carbocycles. The normalized spacial score (nSPS) is 11.3. The van der Waals surface area contributed by atoms with Crippen molar-refractivity contribution in [2.75, 3.05) is 0 Å². The Hall–Kier alpha value is -1.89. The molecule has 2 aromatic carbocycles. The molecule has 0 atom stereocenters. The number of Topliss-reactive ketones (excluding diaryl/α,β-unsaturated/α-hetero) is 1. The van der Waals surface area contributed by atoms with Crippen LogP contribution in [0.4, 0.5) is 0 Å². The molecule has 1 nitrogen and oxygen atoms in total. The van der Waals surface area contributed by atoms with Gasteiger partial charge in [-0.2, -0.15) is 0 Å². The highest BCUT2D eigenvalue weighted by molar-refractivity contribution is 6.05. The van der Waals surface area contributed by atoms with Gasteiger partial charge in [0, 0.05) is 11.0 Å². The first-order chi connectivity index (χ1) is 9.06. The van der Waals surface area contributed by atoms with Gasteiger partial charge in [-0.1, -0.05) is 75.4 Å². The molecule has 98 valence electrons. The minimum atomic E-state index is -0.315. The molecule has 1 heteroatoms. The van der Waals surface area contributed by atoms with Crippen LogP contribution in [0.3, 0.4) is 0 Å². The Morgan fingerprint density at radius 1 is 0.947 bits per heavy atom. The minimum Gasteiger partial charge on any atom is -0.294 e. The largest absolute Gasteiger partial charge is 0.294 e. The maximum atomic E-state index is 12.7. The van der Waals surface area contributed by atoms with Crippen molar-refractivity contribution in [2.24, 2.45) is 5.41 Å². The van der Waals surface area contributed by atoms with Gasteiger partial charge in [0.1, 0.15) is 0 Å². The molecule has 0 fully saturated rings. The summed E-state index contributed by atoms with van der Waals surface area (Å²) >= 11 is 0. The molecular weight excluding hydrogens is 232 g/mol. The lowest BCUT2D eigenvalue weighted by molar-refractivity contribution is 0.0834. The highest BCUT2D eigenvalue weighted by Gasteiger charge is 2.28. The molecule has 2 aromatic rings. The van der Waals surface area contributed by atoms with Crippen LogP contribution in [0.2, 0.25) is 0 Å². The van der Waals surface area contributed by atoms with E-state index in [0.717, 1.165) is 23.1 Å². The highest BCUT2D eigenvalue weighted by atomic mass is 16.1. The second-order valence-electron chi connectivity index (χ2n) is 5.48. The lowest BCUT2D eigenvalue weighted by atomic mass is 9.80. The summed E-state index contributed by atoms with van der Waals surface area (Å²) < 4.78 is 0. The van der Waals surface area contributed by atoms with Crippen molar-refractivity contribution in [1.82, 2.24) is 0 Å². The van der Waals surface area contributed by atoms with Crippen LogP contribution >= 0.6 is 0 Å². The van der Waals surface area contributed by atoms with Crippen molar-refractivity contribution >= 4 is 5.78 Å². The molecule has 0 saturated carbocycles. The van der Waals surface area contributed by atoms with Crippen molar-refractivity contribution in [3.05, 3.63) is 60.2 Å². The molecule has 0 aliphatic rings. The molecular formula is C18H20O. The summed E-state index contributed by atoms with van der Waals surface area (Å²) in [6.45, 7) is 6.08.